The molecule has 6 aliphatic rings. The lowest BCUT2D eigenvalue weighted by atomic mass is 9.34. The Kier molecular flexibility index (Phi) is 9.95. The van der Waals surface area contributed by atoms with E-state index in [0.29, 0.717) is 23.7 Å². The predicted molar refractivity (Wildman–Crippen MR) is 185 cm³/mol. The van der Waals surface area contributed by atoms with E-state index in [-0.39, 0.29) is 63.6 Å². The molecule has 6 rings (SSSR count). The van der Waals surface area contributed by atoms with Gasteiger partial charge >= 0.3 is 0 Å². The third-order valence-corrected chi connectivity index (χ3v) is 17.3. The van der Waals surface area contributed by atoms with Crippen LogP contribution in [0.25, 0.3) is 0 Å². The summed E-state index contributed by atoms with van der Waals surface area (Å²) in [6.07, 6.45) is 12.3. The van der Waals surface area contributed by atoms with Gasteiger partial charge in [0.25, 0.3) is 0 Å². The molecule has 6 aliphatic carbocycles. The van der Waals surface area contributed by atoms with E-state index in [1.54, 1.807) is 0 Å². The van der Waals surface area contributed by atoms with E-state index >= 15 is 0 Å². The van der Waals surface area contributed by atoms with Gasteiger partial charge in [0.1, 0.15) is 0 Å². The summed E-state index contributed by atoms with van der Waals surface area (Å²) in [5, 5.41) is 58.9. The predicted octanol–water partition coefficient (Wildman–Crippen LogP) is 7.46. The van der Waals surface area contributed by atoms with Gasteiger partial charge in [0.15, 0.2) is 0 Å². The Labute approximate surface area is 281 Å². The molecule has 19 atom stereocenters. The molecular formula is C41H72O5. The first kappa shape index (κ1) is 35.6. The Balaban J connectivity index is 1.32. The molecule has 0 aromatic heterocycles. The SMILES string of the molecule is CCCCCC1CC(CC2C(O)C3CCCCC3C2O)C(C)C2C(O)C3C(C)C4(C)C(O)C(C(C)O)C(C)CC4(C)CC3(C)CC12. The second-order valence-corrected chi connectivity index (χ2v) is 19.5. The van der Waals surface area contributed by atoms with Gasteiger partial charge in [-0.05, 0) is 122 Å². The summed E-state index contributed by atoms with van der Waals surface area (Å²) in [6, 6.07) is 0. The molecule has 0 spiro atoms. The van der Waals surface area contributed by atoms with Crippen molar-refractivity contribution in [2.24, 2.45) is 87.3 Å². The summed E-state index contributed by atoms with van der Waals surface area (Å²) in [5.41, 5.74) is -0.430. The summed E-state index contributed by atoms with van der Waals surface area (Å²) in [4.78, 5) is 0. The summed E-state index contributed by atoms with van der Waals surface area (Å²) >= 11 is 0. The van der Waals surface area contributed by atoms with Crippen molar-refractivity contribution < 1.29 is 25.5 Å². The number of hydrogen-bond donors (Lipinski definition) is 5. The quantitative estimate of drug-likeness (QED) is 0.185. The molecular weight excluding hydrogens is 572 g/mol. The molecule has 0 aromatic carbocycles. The molecule has 6 fully saturated rings. The van der Waals surface area contributed by atoms with Crippen LogP contribution in [0.2, 0.25) is 0 Å². The van der Waals surface area contributed by atoms with Crippen LogP contribution in [0.5, 0.6) is 0 Å². The highest BCUT2D eigenvalue weighted by molar-refractivity contribution is 5.19. The largest absolute Gasteiger partial charge is 0.393 e. The lowest BCUT2D eigenvalue weighted by Crippen LogP contribution is -2.70. The smallest absolute Gasteiger partial charge is 0.0656 e. The molecule has 266 valence electrons. The van der Waals surface area contributed by atoms with E-state index < -0.39 is 30.5 Å². The van der Waals surface area contributed by atoms with Crippen molar-refractivity contribution in [1.82, 2.24) is 0 Å². The highest BCUT2D eigenvalue weighted by Gasteiger charge is 2.70. The fourth-order valence-corrected chi connectivity index (χ4v) is 15.1. The first-order chi connectivity index (χ1) is 21.6. The molecule has 46 heavy (non-hydrogen) atoms. The molecule has 0 aromatic rings. The maximum absolute atomic E-state index is 12.8. The number of unbranched alkanes of at least 4 members (excludes halogenated alkanes) is 2. The van der Waals surface area contributed by atoms with E-state index in [1.165, 1.54) is 44.9 Å². The molecule has 0 aliphatic heterocycles. The maximum atomic E-state index is 12.8. The third-order valence-electron chi connectivity index (χ3n) is 17.3. The number of aliphatic hydroxyl groups excluding tert-OH is 5. The molecule has 0 bridgehead atoms. The van der Waals surface area contributed by atoms with Gasteiger partial charge in [-0.25, -0.2) is 0 Å². The highest BCUT2D eigenvalue weighted by atomic mass is 16.3. The van der Waals surface area contributed by atoms with Crippen LogP contribution in [0.15, 0.2) is 0 Å². The number of hydrogen-bond acceptors (Lipinski definition) is 5. The van der Waals surface area contributed by atoms with Crippen molar-refractivity contribution in [2.45, 2.75) is 169 Å². The summed E-state index contributed by atoms with van der Waals surface area (Å²) in [7, 11) is 0. The van der Waals surface area contributed by atoms with Gasteiger partial charge in [0, 0.05) is 17.3 Å². The monoisotopic (exact) mass is 645 g/mol. The topological polar surface area (TPSA) is 101 Å². The summed E-state index contributed by atoms with van der Waals surface area (Å²) < 4.78 is 0. The molecule has 5 heteroatoms. The van der Waals surface area contributed by atoms with Crippen molar-refractivity contribution in [1.29, 1.82) is 0 Å². The van der Waals surface area contributed by atoms with Crippen LogP contribution in [0.1, 0.15) is 139 Å². The number of rotatable bonds is 7. The minimum Gasteiger partial charge on any atom is -0.393 e. The van der Waals surface area contributed by atoms with E-state index in [2.05, 4.69) is 48.5 Å². The number of aliphatic hydroxyl groups is 5. The minimum absolute atomic E-state index is 0.00840. The van der Waals surface area contributed by atoms with Crippen LogP contribution in [0.3, 0.4) is 0 Å². The Morgan fingerprint density at radius 1 is 0.804 bits per heavy atom. The van der Waals surface area contributed by atoms with Gasteiger partial charge in [0.2, 0.25) is 0 Å². The summed E-state index contributed by atoms with van der Waals surface area (Å²) in [5.74, 6) is 2.85. The van der Waals surface area contributed by atoms with E-state index in [0.717, 1.165) is 38.5 Å². The molecule has 0 heterocycles. The lowest BCUT2D eigenvalue weighted by molar-refractivity contribution is -0.281. The average molecular weight is 645 g/mol. The highest BCUT2D eigenvalue weighted by Crippen LogP contribution is 2.73. The van der Waals surface area contributed by atoms with Crippen molar-refractivity contribution in [3.05, 3.63) is 0 Å². The van der Waals surface area contributed by atoms with Crippen molar-refractivity contribution >= 4 is 0 Å². The van der Waals surface area contributed by atoms with Crippen LogP contribution < -0.4 is 0 Å². The second-order valence-electron chi connectivity index (χ2n) is 19.5. The lowest BCUT2D eigenvalue weighted by Gasteiger charge is -2.72. The maximum Gasteiger partial charge on any atom is 0.0656 e. The first-order valence-electron chi connectivity index (χ1n) is 20.0. The van der Waals surface area contributed by atoms with Crippen LogP contribution in [0.4, 0.5) is 0 Å². The Hall–Kier alpha value is -0.200. The molecule has 0 amide bonds. The molecule has 5 N–H and O–H groups in total. The van der Waals surface area contributed by atoms with Gasteiger partial charge in [-0.1, -0.05) is 87.0 Å². The Bertz CT molecular complexity index is 1050. The number of fused-ring (bicyclic) bond motifs is 4. The molecule has 5 nitrogen and oxygen atoms in total. The van der Waals surface area contributed by atoms with E-state index in [9.17, 15) is 25.5 Å². The van der Waals surface area contributed by atoms with Gasteiger partial charge in [-0.3, -0.25) is 0 Å². The Morgan fingerprint density at radius 3 is 2.02 bits per heavy atom. The van der Waals surface area contributed by atoms with Gasteiger partial charge in [0.05, 0.1) is 30.5 Å². The van der Waals surface area contributed by atoms with Gasteiger partial charge < -0.3 is 25.5 Å². The normalized spacial score (nSPS) is 57.6. The van der Waals surface area contributed by atoms with E-state index in [1.807, 2.05) is 6.92 Å². The van der Waals surface area contributed by atoms with Crippen molar-refractivity contribution in [2.75, 3.05) is 0 Å². The van der Waals surface area contributed by atoms with Crippen LogP contribution in [-0.2, 0) is 0 Å². The van der Waals surface area contributed by atoms with Crippen LogP contribution >= 0.6 is 0 Å². The molecule has 0 radical (unpaired) electrons. The first-order valence-corrected chi connectivity index (χ1v) is 20.0. The fraction of sp³-hybridized carbons (Fsp3) is 1.00. The van der Waals surface area contributed by atoms with Crippen LogP contribution in [0, 0.1) is 87.3 Å². The van der Waals surface area contributed by atoms with Crippen LogP contribution in [-0.4, -0.2) is 56.1 Å². The summed E-state index contributed by atoms with van der Waals surface area (Å²) in [6.45, 7) is 18.3. The van der Waals surface area contributed by atoms with Crippen molar-refractivity contribution in [3.8, 4) is 0 Å². The zero-order chi connectivity index (χ0) is 33.5. The van der Waals surface area contributed by atoms with Crippen molar-refractivity contribution in [3.63, 3.8) is 0 Å². The Morgan fingerprint density at radius 2 is 1.43 bits per heavy atom. The molecule has 6 saturated carbocycles. The third kappa shape index (κ3) is 5.32. The standard InChI is InChI=1S/C41H72O5/c1-9-10-11-14-26-17-27(18-30-35(43)28-15-12-13-16-29(28)36(30)44)23(3)33-31(26)20-39(6)21-40(7)19-22(2)32(25(5)42)38(46)41(40,8)24(4)34(39)37(33)45/h22-38,42-46H,9-21H2,1-8H3. The molecule has 0 saturated heterocycles. The van der Waals surface area contributed by atoms with Gasteiger partial charge in [-0.15, -0.1) is 0 Å². The van der Waals surface area contributed by atoms with E-state index in [4.69, 9.17) is 0 Å². The zero-order valence-electron chi connectivity index (χ0n) is 30.7. The average Bonchev–Trinajstić information content (AvgIpc) is 3.21. The molecule has 19 unspecified atom stereocenters. The second kappa shape index (κ2) is 12.8. The van der Waals surface area contributed by atoms with Gasteiger partial charge in [-0.2, -0.15) is 0 Å². The zero-order valence-corrected chi connectivity index (χ0v) is 30.7. The fourth-order valence-electron chi connectivity index (χ4n) is 15.1. The minimum atomic E-state index is -0.599.